The van der Waals surface area contributed by atoms with Crippen molar-refractivity contribution in [1.29, 1.82) is 0 Å². The van der Waals surface area contributed by atoms with Gasteiger partial charge in [-0.15, -0.1) is 0 Å². The van der Waals surface area contributed by atoms with Gasteiger partial charge in [0.1, 0.15) is 5.69 Å². The molecule has 0 aliphatic heterocycles. The highest BCUT2D eigenvalue weighted by Gasteiger charge is 2.32. The molecule has 0 radical (unpaired) electrons. The summed E-state index contributed by atoms with van der Waals surface area (Å²) in [5, 5.41) is 2.46. The van der Waals surface area contributed by atoms with E-state index in [-0.39, 0.29) is 10.9 Å². The van der Waals surface area contributed by atoms with Gasteiger partial charge in [0.05, 0.1) is 27.1 Å². The normalized spacial score (nSPS) is 11.0. The number of amides is 1. The first-order valence-electron chi connectivity index (χ1n) is 7.41. The number of aromatic nitrogens is 2. The van der Waals surface area contributed by atoms with Crippen LogP contribution in [0.15, 0.2) is 29.6 Å². The van der Waals surface area contributed by atoms with Crippen LogP contribution in [-0.2, 0) is 11.0 Å². The molecule has 0 bridgehead atoms. The minimum absolute atomic E-state index is 0.148. The van der Waals surface area contributed by atoms with Crippen molar-refractivity contribution in [1.82, 2.24) is 9.97 Å². The third kappa shape index (κ3) is 5.39. The quantitative estimate of drug-likeness (QED) is 0.561. The summed E-state index contributed by atoms with van der Waals surface area (Å²) in [7, 11) is 4.32. The fraction of sp³-hybridized carbons (Fsp3) is 0.312. The smallest absolute Gasteiger partial charge is 0.433 e. The molecule has 1 heterocycles. The molecule has 0 fully saturated rings. The molecule has 1 amide bonds. The molecule has 0 saturated heterocycles. The second-order valence-corrected chi connectivity index (χ2v) is 5.92. The maximum atomic E-state index is 12.6. The number of carbonyl (C=O) groups excluding carboxylic acids is 1. The summed E-state index contributed by atoms with van der Waals surface area (Å²) in [5.74, 6) is 0.417. The second kappa shape index (κ2) is 8.80. The Morgan fingerprint density at radius 3 is 2.30 bits per heavy atom. The van der Waals surface area contributed by atoms with Gasteiger partial charge in [0.2, 0.25) is 11.7 Å². The van der Waals surface area contributed by atoms with Gasteiger partial charge >= 0.3 is 6.18 Å². The van der Waals surface area contributed by atoms with Gasteiger partial charge in [0.25, 0.3) is 0 Å². The number of hydrogen-bond donors (Lipinski definition) is 1. The number of rotatable bonds is 7. The van der Waals surface area contributed by atoms with E-state index in [9.17, 15) is 18.0 Å². The Morgan fingerprint density at radius 1 is 1.15 bits per heavy atom. The first kappa shape index (κ1) is 20.6. The van der Waals surface area contributed by atoms with Crippen LogP contribution in [0.2, 0.25) is 0 Å². The van der Waals surface area contributed by atoms with Crippen LogP contribution in [-0.4, -0.2) is 43.0 Å². The molecule has 1 aromatic heterocycles. The number of carbonyl (C=O) groups is 1. The van der Waals surface area contributed by atoms with Crippen LogP contribution in [0.3, 0.4) is 0 Å². The molecule has 1 N–H and O–H groups in total. The molecule has 27 heavy (non-hydrogen) atoms. The predicted molar refractivity (Wildman–Crippen MR) is 92.5 cm³/mol. The zero-order valence-corrected chi connectivity index (χ0v) is 15.4. The van der Waals surface area contributed by atoms with E-state index in [0.29, 0.717) is 22.9 Å². The molecule has 0 saturated carbocycles. The molecule has 0 aliphatic rings. The number of ether oxygens (including phenoxy) is 3. The van der Waals surface area contributed by atoms with Gasteiger partial charge in [-0.3, -0.25) is 4.79 Å². The van der Waals surface area contributed by atoms with E-state index in [1.807, 2.05) is 0 Å². The maximum Gasteiger partial charge on any atom is 0.433 e. The van der Waals surface area contributed by atoms with E-state index >= 15 is 0 Å². The Bertz CT molecular complexity index is 793. The zero-order chi connectivity index (χ0) is 20.0. The summed E-state index contributed by atoms with van der Waals surface area (Å²) in [5.41, 5.74) is -0.690. The van der Waals surface area contributed by atoms with Crippen molar-refractivity contribution in [3.63, 3.8) is 0 Å². The first-order valence-corrected chi connectivity index (χ1v) is 8.40. The lowest BCUT2D eigenvalue weighted by molar-refractivity contribution is -0.141. The van der Waals surface area contributed by atoms with E-state index in [1.165, 1.54) is 33.5 Å². The Labute approximate surface area is 157 Å². The van der Waals surface area contributed by atoms with Crippen molar-refractivity contribution >= 4 is 23.4 Å². The second-order valence-electron chi connectivity index (χ2n) is 4.97. The SMILES string of the molecule is COc1cc(NC(=O)CSc2nccc(C(F)(F)F)n2)cc(OC)c1OC. The molecule has 11 heteroatoms. The monoisotopic (exact) mass is 403 g/mol. The zero-order valence-electron chi connectivity index (χ0n) is 14.6. The van der Waals surface area contributed by atoms with E-state index in [1.54, 1.807) is 0 Å². The lowest BCUT2D eigenvalue weighted by Gasteiger charge is -2.14. The van der Waals surface area contributed by atoms with Crippen LogP contribution >= 0.6 is 11.8 Å². The molecular weight excluding hydrogens is 387 g/mol. The van der Waals surface area contributed by atoms with Gasteiger partial charge in [-0.2, -0.15) is 13.2 Å². The lowest BCUT2D eigenvalue weighted by atomic mass is 10.2. The van der Waals surface area contributed by atoms with Crippen LogP contribution in [0.1, 0.15) is 5.69 Å². The third-order valence-corrected chi connectivity index (χ3v) is 4.07. The van der Waals surface area contributed by atoms with Crippen LogP contribution in [0, 0.1) is 0 Å². The molecular formula is C16H16F3N3O4S. The topological polar surface area (TPSA) is 82.6 Å². The van der Waals surface area contributed by atoms with Gasteiger partial charge in [0.15, 0.2) is 16.7 Å². The van der Waals surface area contributed by atoms with Crippen LogP contribution < -0.4 is 19.5 Å². The number of thioether (sulfide) groups is 1. The minimum atomic E-state index is -4.57. The molecule has 0 spiro atoms. The highest BCUT2D eigenvalue weighted by Crippen LogP contribution is 2.40. The van der Waals surface area contributed by atoms with Crippen molar-refractivity contribution < 1.29 is 32.2 Å². The summed E-state index contributed by atoms with van der Waals surface area (Å²) in [6.45, 7) is 0. The van der Waals surface area contributed by atoms with Crippen LogP contribution in [0.4, 0.5) is 18.9 Å². The number of nitrogens with one attached hydrogen (secondary N) is 1. The Hall–Kier alpha value is -2.69. The molecule has 7 nitrogen and oxygen atoms in total. The van der Waals surface area contributed by atoms with Crippen molar-refractivity contribution in [3.8, 4) is 17.2 Å². The van der Waals surface area contributed by atoms with Crippen LogP contribution in [0.5, 0.6) is 17.2 Å². The number of benzene rings is 1. The summed E-state index contributed by atoms with van der Waals surface area (Å²) in [6, 6.07) is 3.83. The number of halogens is 3. The standard InChI is InChI=1S/C16H16F3N3O4S/c1-24-10-6-9(7-11(25-2)14(10)26-3)21-13(23)8-27-15-20-5-4-12(22-15)16(17,18)19/h4-7H,8H2,1-3H3,(H,21,23). The number of methoxy groups -OCH3 is 3. The molecule has 2 rings (SSSR count). The lowest BCUT2D eigenvalue weighted by Crippen LogP contribution is -2.15. The predicted octanol–water partition coefficient (Wildman–Crippen LogP) is 3.25. The highest BCUT2D eigenvalue weighted by atomic mass is 32.2. The van der Waals surface area contributed by atoms with Gasteiger partial charge < -0.3 is 19.5 Å². The molecule has 1 aromatic carbocycles. The van der Waals surface area contributed by atoms with E-state index in [0.717, 1.165) is 24.0 Å². The maximum absolute atomic E-state index is 12.6. The average Bonchev–Trinajstić information content (AvgIpc) is 2.65. The Balaban J connectivity index is 2.06. The van der Waals surface area contributed by atoms with E-state index in [2.05, 4.69) is 15.3 Å². The third-order valence-electron chi connectivity index (χ3n) is 3.20. The number of anilines is 1. The van der Waals surface area contributed by atoms with Crippen molar-refractivity contribution in [2.24, 2.45) is 0 Å². The minimum Gasteiger partial charge on any atom is -0.493 e. The summed E-state index contributed by atoms with van der Waals surface area (Å²) < 4.78 is 53.5. The fourth-order valence-corrected chi connectivity index (χ4v) is 2.68. The number of alkyl halides is 3. The van der Waals surface area contributed by atoms with Gasteiger partial charge in [-0.25, -0.2) is 9.97 Å². The molecule has 0 aliphatic carbocycles. The Morgan fingerprint density at radius 2 is 1.78 bits per heavy atom. The van der Waals surface area contributed by atoms with Gasteiger partial charge in [-0.05, 0) is 6.07 Å². The van der Waals surface area contributed by atoms with E-state index in [4.69, 9.17) is 14.2 Å². The van der Waals surface area contributed by atoms with Crippen molar-refractivity contribution in [2.45, 2.75) is 11.3 Å². The molecule has 0 atom stereocenters. The Kier molecular flexibility index (Phi) is 6.72. The number of nitrogens with zero attached hydrogens (tertiary/aromatic N) is 2. The average molecular weight is 403 g/mol. The fourth-order valence-electron chi connectivity index (χ4n) is 2.05. The largest absolute Gasteiger partial charge is 0.493 e. The molecule has 2 aromatic rings. The summed E-state index contributed by atoms with van der Waals surface area (Å²) in [6.07, 6.45) is -3.58. The van der Waals surface area contributed by atoms with Crippen molar-refractivity contribution in [3.05, 3.63) is 30.1 Å². The van der Waals surface area contributed by atoms with E-state index < -0.39 is 17.8 Å². The number of hydrogen-bond acceptors (Lipinski definition) is 7. The molecule has 146 valence electrons. The van der Waals surface area contributed by atoms with Gasteiger partial charge in [-0.1, -0.05) is 11.8 Å². The summed E-state index contributed by atoms with van der Waals surface area (Å²) in [4.78, 5) is 19.2. The van der Waals surface area contributed by atoms with Crippen molar-refractivity contribution in [2.75, 3.05) is 32.4 Å². The molecule has 0 unspecified atom stereocenters. The summed E-state index contributed by atoms with van der Waals surface area (Å²) >= 11 is 0.784. The highest BCUT2D eigenvalue weighted by molar-refractivity contribution is 7.99. The van der Waals surface area contributed by atoms with Gasteiger partial charge in [0, 0.05) is 24.0 Å². The van der Waals surface area contributed by atoms with Crippen LogP contribution in [0.25, 0.3) is 0 Å². The first-order chi connectivity index (χ1) is 12.8.